The molecule has 2 N–H and O–H groups in total. The highest BCUT2D eigenvalue weighted by Gasteiger charge is 2.15. The van der Waals surface area contributed by atoms with Crippen molar-refractivity contribution in [2.45, 2.75) is 45.1 Å². The Labute approximate surface area is 80.3 Å². The molecule has 0 spiro atoms. The number of carbonyl (C=O) groups is 1. The lowest BCUT2D eigenvalue weighted by Gasteiger charge is -2.10. The molecule has 1 aliphatic rings. The Morgan fingerprint density at radius 2 is 2.38 bits per heavy atom. The van der Waals surface area contributed by atoms with Gasteiger partial charge < -0.3 is 10.6 Å². The molecule has 0 bridgehead atoms. The smallest absolute Gasteiger partial charge is 0.220 e. The summed E-state index contributed by atoms with van der Waals surface area (Å²) in [6.45, 7) is 4.14. The molecule has 0 aromatic heterocycles. The molecule has 3 nitrogen and oxygen atoms in total. The van der Waals surface area contributed by atoms with Gasteiger partial charge in [0.05, 0.1) is 0 Å². The lowest BCUT2D eigenvalue weighted by Crippen LogP contribution is -2.35. The maximum Gasteiger partial charge on any atom is 0.220 e. The van der Waals surface area contributed by atoms with Crippen LogP contribution in [0.2, 0.25) is 0 Å². The highest BCUT2D eigenvalue weighted by molar-refractivity contribution is 5.76. The summed E-state index contributed by atoms with van der Waals surface area (Å²) in [6.07, 6.45) is 5.15. The molecule has 1 atom stereocenters. The summed E-state index contributed by atoms with van der Waals surface area (Å²) >= 11 is 0. The minimum atomic E-state index is 0.224. The van der Waals surface area contributed by atoms with Crippen molar-refractivity contribution >= 4 is 5.91 Å². The van der Waals surface area contributed by atoms with Crippen LogP contribution in [0.25, 0.3) is 0 Å². The number of hydrogen-bond donors (Lipinski definition) is 2. The van der Waals surface area contributed by atoms with Gasteiger partial charge in [0.15, 0.2) is 0 Å². The molecule has 3 heteroatoms. The molecule has 1 unspecified atom stereocenters. The van der Waals surface area contributed by atoms with Crippen molar-refractivity contribution in [3.8, 4) is 0 Å². The van der Waals surface area contributed by atoms with Crippen LogP contribution >= 0.6 is 0 Å². The van der Waals surface area contributed by atoms with Crippen LogP contribution in [0.4, 0.5) is 0 Å². The lowest BCUT2D eigenvalue weighted by atomic mass is 10.2. The van der Waals surface area contributed by atoms with Crippen LogP contribution in [-0.2, 0) is 4.79 Å². The van der Waals surface area contributed by atoms with Crippen molar-refractivity contribution in [3.05, 3.63) is 0 Å². The zero-order valence-electron chi connectivity index (χ0n) is 8.44. The highest BCUT2D eigenvalue weighted by atomic mass is 16.1. The summed E-state index contributed by atoms with van der Waals surface area (Å²) in [4.78, 5) is 11.3. The predicted octanol–water partition coefficient (Wildman–Crippen LogP) is 1.04. The van der Waals surface area contributed by atoms with Gasteiger partial charge >= 0.3 is 0 Å². The van der Waals surface area contributed by atoms with Gasteiger partial charge in [-0.2, -0.15) is 0 Å². The van der Waals surface area contributed by atoms with Crippen LogP contribution in [-0.4, -0.2) is 25.0 Å². The van der Waals surface area contributed by atoms with Crippen LogP contribution in [0.5, 0.6) is 0 Å². The van der Waals surface area contributed by atoms with Gasteiger partial charge in [0.2, 0.25) is 5.91 Å². The Kier molecular flexibility index (Phi) is 4.83. The quantitative estimate of drug-likeness (QED) is 0.627. The lowest BCUT2D eigenvalue weighted by molar-refractivity contribution is -0.121. The summed E-state index contributed by atoms with van der Waals surface area (Å²) in [7, 11) is 0. The molecule has 0 radical (unpaired) electrons. The van der Waals surface area contributed by atoms with Gasteiger partial charge in [-0.1, -0.05) is 19.8 Å². The third kappa shape index (κ3) is 4.27. The van der Waals surface area contributed by atoms with Gasteiger partial charge in [0.25, 0.3) is 0 Å². The van der Waals surface area contributed by atoms with Crippen molar-refractivity contribution in [2.24, 2.45) is 0 Å². The van der Waals surface area contributed by atoms with E-state index in [1.165, 1.54) is 6.42 Å². The van der Waals surface area contributed by atoms with Gasteiger partial charge in [0, 0.05) is 19.0 Å². The van der Waals surface area contributed by atoms with Crippen LogP contribution < -0.4 is 10.6 Å². The zero-order valence-corrected chi connectivity index (χ0v) is 8.44. The summed E-state index contributed by atoms with van der Waals surface area (Å²) < 4.78 is 0. The maximum atomic E-state index is 11.3. The van der Waals surface area contributed by atoms with Crippen molar-refractivity contribution in [1.29, 1.82) is 0 Å². The first-order valence-electron chi connectivity index (χ1n) is 5.33. The molecular weight excluding hydrogens is 164 g/mol. The third-order valence-corrected chi connectivity index (χ3v) is 2.43. The topological polar surface area (TPSA) is 41.1 Å². The molecule has 1 saturated heterocycles. The molecule has 0 aromatic rings. The molecule has 1 fully saturated rings. The summed E-state index contributed by atoms with van der Waals surface area (Å²) in [5.41, 5.74) is 0. The van der Waals surface area contributed by atoms with Gasteiger partial charge in [-0.05, 0) is 19.4 Å². The van der Waals surface area contributed by atoms with E-state index in [1.807, 2.05) is 0 Å². The van der Waals surface area contributed by atoms with E-state index in [2.05, 4.69) is 17.6 Å². The molecule has 0 aliphatic carbocycles. The van der Waals surface area contributed by atoms with Crippen molar-refractivity contribution in [3.63, 3.8) is 0 Å². The Balaban J connectivity index is 2.02. The van der Waals surface area contributed by atoms with E-state index in [0.29, 0.717) is 12.5 Å². The SMILES string of the molecule is CCCCCC(=O)NC1CCNC1. The minimum Gasteiger partial charge on any atom is -0.352 e. The van der Waals surface area contributed by atoms with Gasteiger partial charge in [-0.3, -0.25) is 4.79 Å². The molecule has 1 rings (SSSR count). The molecular formula is C10H20N2O. The van der Waals surface area contributed by atoms with E-state index >= 15 is 0 Å². The first-order chi connectivity index (χ1) is 6.33. The summed E-state index contributed by atoms with van der Waals surface area (Å²) in [5, 5.41) is 6.27. The van der Waals surface area contributed by atoms with Crippen molar-refractivity contribution in [2.75, 3.05) is 13.1 Å². The first kappa shape index (κ1) is 10.5. The molecule has 0 saturated carbocycles. The van der Waals surface area contributed by atoms with E-state index in [9.17, 15) is 4.79 Å². The maximum absolute atomic E-state index is 11.3. The van der Waals surface area contributed by atoms with Crippen molar-refractivity contribution < 1.29 is 4.79 Å². The summed E-state index contributed by atoms with van der Waals surface area (Å²) in [5.74, 6) is 0.224. The Hall–Kier alpha value is -0.570. The van der Waals surface area contributed by atoms with E-state index in [-0.39, 0.29) is 5.91 Å². The predicted molar refractivity (Wildman–Crippen MR) is 53.6 cm³/mol. The second kappa shape index (κ2) is 5.97. The molecule has 13 heavy (non-hydrogen) atoms. The third-order valence-electron chi connectivity index (χ3n) is 2.43. The number of rotatable bonds is 5. The van der Waals surface area contributed by atoms with Crippen molar-refractivity contribution in [1.82, 2.24) is 10.6 Å². The van der Waals surface area contributed by atoms with E-state index in [0.717, 1.165) is 32.4 Å². The number of unbranched alkanes of at least 4 members (excludes halogenated alkanes) is 2. The van der Waals surface area contributed by atoms with Gasteiger partial charge in [-0.25, -0.2) is 0 Å². The van der Waals surface area contributed by atoms with Crippen LogP contribution in [0.1, 0.15) is 39.0 Å². The van der Waals surface area contributed by atoms with E-state index in [4.69, 9.17) is 0 Å². The summed E-state index contributed by atoms with van der Waals surface area (Å²) in [6, 6.07) is 0.383. The second-order valence-corrected chi connectivity index (χ2v) is 3.71. The first-order valence-corrected chi connectivity index (χ1v) is 5.33. The standard InChI is InChI=1S/C10H20N2O/c1-2-3-4-5-10(13)12-9-6-7-11-8-9/h9,11H,2-8H2,1H3,(H,12,13). The van der Waals surface area contributed by atoms with Crippen LogP contribution in [0.15, 0.2) is 0 Å². The second-order valence-electron chi connectivity index (χ2n) is 3.71. The fraction of sp³-hybridized carbons (Fsp3) is 0.900. The van der Waals surface area contributed by atoms with E-state index < -0.39 is 0 Å². The molecule has 1 amide bonds. The largest absolute Gasteiger partial charge is 0.352 e. The molecule has 76 valence electrons. The number of nitrogens with one attached hydrogen (secondary N) is 2. The van der Waals surface area contributed by atoms with Gasteiger partial charge in [-0.15, -0.1) is 0 Å². The number of amides is 1. The average Bonchev–Trinajstić information content (AvgIpc) is 2.57. The number of carbonyl (C=O) groups excluding carboxylic acids is 1. The monoisotopic (exact) mass is 184 g/mol. The van der Waals surface area contributed by atoms with E-state index in [1.54, 1.807) is 0 Å². The van der Waals surface area contributed by atoms with Crippen LogP contribution in [0.3, 0.4) is 0 Å². The fourth-order valence-electron chi connectivity index (χ4n) is 1.61. The fourth-order valence-corrected chi connectivity index (χ4v) is 1.61. The zero-order chi connectivity index (χ0) is 9.52. The molecule has 1 heterocycles. The minimum absolute atomic E-state index is 0.224. The molecule has 0 aromatic carbocycles. The Bertz CT molecular complexity index is 153. The highest BCUT2D eigenvalue weighted by Crippen LogP contribution is 2.01. The molecule has 1 aliphatic heterocycles. The Morgan fingerprint density at radius 3 is 3.00 bits per heavy atom. The van der Waals surface area contributed by atoms with Crippen LogP contribution in [0, 0.1) is 0 Å². The Morgan fingerprint density at radius 1 is 1.54 bits per heavy atom. The average molecular weight is 184 g/mol. The normalized spacial score (nSPS) is 21.8. The number of hydrogen-bond acceptors (Lipinski definition) is 2. The van der Waals surface area contributed by atoms with Gasteiger partial charge in [0.1, 0.15) is 0 Å².